The lowest BCUT2D eigenvalue weighted by Gasteiger charge is -2.48. The summed E-state index contributed by atoms with van der Waals surface area (Å²) in [4.78, 5) is 16.3. The summed E-state index contributed by atoms with van der Waals surface area (Å²) in [5.41, 5.74) is 0.947. The first-order valence-corrected chi connectivity index (χ1v) is 9.90. The number of rotatable bonds is 3. The van der Waals surface area contributed by atoms with Crippen molar-refractivity contribution in [2.24, 2.45) is 0 Å². The Bertz CT molecular complexity index is 603. The fourth-order valence-corrected chi connectivity index (χ4v) is 4.83. The van der Waals surface area contributed by atoms with Crippen LogP contribution < -0.4 is 5.32 Å². The number of nitrogens with zero attached hydrogens (tertiary/aromatic N) is 2. The van der Waals surface area contributed by atoms with Gasteiger partial charge in [0.2, 0.25) is 0 Å². The van der Waals surface area contributed by atoms with Crippen molar-refractivity contribution in [3.63, 3.8) is 0 Å². The van der Waals surface area contributed by atoms with Crippen molar-refractivity contribution in [2.45, 2.75) is 44.6 Å². The molecule has 1 saturated heterocycles. The zero-order valence-electron chi connectivity index (χ0n) is 14.1. The number of hydrogen-bond donors (Lipinski definition) is 2. The van der Waals surface area contributed by atoms with Gasteiger partial charge in [0, 0.05) is 31.7 Å². The summed E-state index contributed by atoms with van der Waals surface area (Å²) in [6, 6.07) is 1.78. The van der Waals surface area contributed by atoms with E-state index in [0.717, 1.165) is 26.2 Å². The lowest BCUT2D eigenvalue weighted by molar-refractivity contribution is 0.0358. The van der Waals surface area contributed by atoms with Gasteiger partial charge in [0.15, 0.2) is 5.11 Å². The molecule has 0 unspecified atom stereocenters. The van der Waals surface area contributed by atoms with E-state index in [9.17, 15) is 9.90 Å². The van der Waals surface area contributed by atoms with Gasteiger partial charge < -0.3 is 15.3 Å². The molecule has 0 atom stereocenters. The maximum Gasteiger partial charge on any atom is 0.348 e. The molecule has 0 radical (unpaired) electrons. The van der Waals surface area contributed by atoms with Crippen molar-refractivity contribution < 1.29 is 9.90 Å². The van der Waals surface area contributed by atoms with Crippen LogP contribution in [0.1, 0.15) is 48.7 Å². The number of aromatic carboxylic acids is 1. The predicted molar refractivity (Wildman–Crippen MR) is 102 cm³/mol. The molecule has 2 fully saturated rings. The molecule has 2 aliphatic rings. The van der Waals surface area contributed by atoms with Gasteiger partial charge in [-0.15, -0.1) is 11.3 Å². The molecule has 2 heterocycles. The first-order chi connectivity index (χ1) is 11.5. The van der Waals surface area contributed by atoms with Crippen LogP contribution in [0.5, 0.6) is 0 Å². The Balaban J connectivity index is 1.55. The van der Waals surface area contributed by atoms with E-state index in [2.05, 4.69) is 22.0 Å². The SMILES string of the molecule is CC1(N2CCN(C(=S)Nc3ccsc3C(=O)O)CC2)CCCCC1. The van der Waals surface area contributed by atoms with Crippen molar-refractivity contribution >= 4 is 40.3 Å². The monoisotopic (exact) mass is 367 g/mol. The number of thiocarbonyl (C=S) groups is 1. The number of piperazine rings is 1. The first-order valence-electron chi connectivity index (χ1n) is 8.61. The van der Waals surface area contributed by atoms with Gasteiger partial charge in [-0.05, 0) is 43.4 Å². The fourth-order valence-electron chi connectivity index (χ4n) is 3.85. The lowest BCUT2D eigenvalue weighted by atomic mass is 9.81. The number of carboxylic acid groups (broad SMARTS) is 1. The number of thiophene rings is 1. The van der Waals surface area contributed by atoms with E-state index in [1.165, 1.54) is 43.4 Å². The summed E-state index contributed by atoms with van der Waals surface area (Å²) in [5, 5.41) is 14.7. The highest BCUT2D eigenvalue weighted by Crippen LogP contribution is 2.34. The largest absolute Gasteiger partial charge is 0.477 e. The summed E-state index contributed by atoms with van der Waals surface area (Å²) < 4.78 is 0. The van der Waals surface area contributed by atoms with Crippen LogP contribution in [0.4, 0.5) is 5.69 Å². The molecule has 1 aliphatic carbocycles. The van der Waals surface area contributed by atoms with Gasteiger partial charge in [-0.25, -0.2) is 4.79 Å². The lowest BCUT2D eigenvalue weighted by Crippen LogP contribution is -2.57. The molecule has 1 aliphatic heterocycles. The highest BCUT2D eigenvalue weighted by Gasteiger charge is 2.35. The van der Waals surface area contributed by atoms with Crippen LogP contribution in [-0.4, -0.2) is 57.7 Å². The molecule has 0 amide bonds. The molecule has 3 rings (SSSR count). The maximum atomic E-state index is 11.2. The molecule has 0 spiro atoms. The van der Waals surface area contributed by atoms with Crippen molar-refractivity contribution in [1.29, 1.82) is 0 Å². The van der Waals surface area contributed by atoms with Crippen molar-refractivity contribution in [2.75, 3.05) is 31.5 Å². The number of hydrogen-bond acceptors (Lipinski definition) is 4. The first kappa shape index (κ1) is 17.6. The molecule has 132 valence electrons. The third-order valence-electron chi connectivity index (χ3n) is 5.36. The minimum atomic E-state index is -0.912. The van der Waals surface area contributed by atoms with Gasteiger partial charge >= 0.3 is 5.97 Å². The third kappa shape index (κ3) is 3.73. The predicted octanol–water partition coefficient (Wildman–Crippen LogP) is 3.48. The van der Waals surface area contributed by atoms with Crippen molar-refractivity contribution in [3.05, 3.63) is 16.3 Å². The molecule has 0 aromatic carbocycles. The van der Waals surface area contributed by atoms with Crippen LogP contribution in [0, 0.1) is 0 Å². The Labute approximate surface area is 152 Å². The molecular weight excluding hydrogens is 342 g/mol. The highest BCUT2D eigenvalue weighted by atomic mass is 32.1. The minimum absolute atomic E-state index is 0.311. The van der Waals surface area contributed by atoms with E-state index < -0.39 is 5.97 Å². The summed E-state index contributed by atoms with van der Waals surface area (Å²) in [5.74, 6) is -0.912. The zero-order chi connectivity index (χ0) is 17.2. The van der Waals surface area contributed by atoms with Gasteiger partial charge in [0.05, 0.1) is 5.69 Å². The summed E-state index contributed by atoms with van der Waals surface area (Å²) in [6.45, 7) is 6.24. The van der Waals surface area contributed by atoms with Gasteiger partial charge in [0.25, 0.3) is 0 Å². The molecule has 2 N–H and O–H groups in total. The molecule has 1 saturated carbocycles. The number of carbonyl (C=O) groups is 1. The fraction of sp³-hybridized carbons (Fsp3) is 0.647. The maximum absolute atomic E-state index is 11.2. The summed E-state index contributed by atoms with van der Waals surface area (Å²) in [7, 11) is 0. The second kappa shape index (κ2) is 7.37. The molecule has 7 heteroatoms. The van der Waals surface area contributed by atoms with Crippen LogP contribution in [0.15, 0.2) is 11.4 Å². The highest BCUT2D eigenvalue weighted by molar-refractivity contribution is 7.80. The molecule has 1 aromatic rings. The average molecular weight is 368 g/mol. The third-order valence-corrected chi connectivity index (χ3v) is 6.62. The Kier molecular flexibility index (Phi) is 5.42. The van der Waals surface area contributed by atoms with Gasteiger partial charge in [-0.1, -0.05) is 19.3 Å². The average Bonchev–Trinajstić information content (AvgIpc) is 3.04. The second-order valence-corrected chi connectivity index (χ2v) is 8.23. The van der Waals surface area contributed by atoms with E-state index >= 15 is 0 Å². The van der Waals surface area contributed by atoms with Crippen LogP contribution in [0.3, 0.4) is 0 Å². The van der Waals surface area contributed by atoms with Crippen LogP contribution in [0.25, 0.3) is 0 Å². The zero-order valence-corrected chi connectivity index (χ0v) is 15.7. The van der Waals surface area contributed by atoms with E-state index in [1.807, 2.05) is 0 Å². The van der Waals surface area contributed by atoms with Crippen molar-refractivity contribution in [3.8, 4) is 0 Å². The van der Waals surface area contributed by atoms with Gasteiger partial charge in [-0.3, -0.25) is 4.90 Å². The van der Waals surface area contributed by atoms with E-state index in [1.54, 1.807) is 11.4 Å². The van der Waals surface area contributed by atoms with Crippen LogP contribution >= 0.6 is 23.6 Å². The van der Waals surface area contributed by atoms with Gasteiger partial charge in [0.1, 0.15) is 4.88 Å². The Morgan fingerprint density at radius 1 is 1.25 bits per heavy atom. The molecule has 1 aromatic heterocycles. The molecule has 24 heavy (non-hydrogen) atoms. The smallest absolute Gasteiger partial charge is 0.348 e. The summed E-state index contributed by atoms with van der Waals surface area (Å²) >= 11 is 6.72. The van der Waals surface area contributed by atoms with Crippen LogP contribution in [-0.2, 0) is 0 Å². The molecular formula is C17H25N3O2S2. The Morgan fingerprint density at radius 3 is 2.54 bits per heavy atom. The van der Waals surface area contributed by atoms with E-state index in [0.29, 0.717) is 21.2 Å². The van der Waals surface area contributed by atoms with E-state index in [-0.39, 0.29) is 0 Å². The second-order valence-electron chi connectivity index (χ2n) is 6.93. The standard InChI is InChI=1S/C17H25N3O2S2/c1-17(6-3-2-4-7-17)20-10-8-19(9-11-20)16(23)18-13-5-12-24-14(13)15(21)22/h5,12H,2-4,6-11H2,1H3,(H,18,23)(H,21,22). The van der Waals surface area contributed by atoms with Gasteiger partial charge in [-0.2, -0.15) is 0 Å². The molecule has 5 nitrogen and oxygen atoms in total. The van der Waals surface area contributed by atoms with E-state index in [4.69, 9.17) is 12.2 Å². The number of anilines is 1. The Hall–Kier alpha value is -1.18. The number of nitrogens with one attached hydrogen (secondary N) is 1. The minimum Gasteiger partial charge on any atom is -0.477 e. The topological polar surface area (TPSA) is 55.8 Å². The van der Waals surface area contributed by atoms with Crippen LogP contribution in [0.2, 0.25) is 0 Å². The quantitative estimate of drug-likeness (QED) is 0.798. The normalized spacial score (nSPS) is 21.5. The Morgan fingerprint density at radius 2 is 1.92 bits per heavy atom. The number of carboxylic acids is 1. The summed E-state index contributed by atoms with van der Waals surface area (Å²) in [6.07, 6.45) is 6.65. The van der Waals surface area contributed by atoms with Crippen molar-refractivity contribution in [1.82, 2.24) is 9.80 Å². The molecule has 0 bridgehead atoms.